The van der Waals surface area contributed by atoms with Crippen molar-refractivity contribution in [1.29, 1.82) is 0 Å². The van der Waals surface area contributed by atoms with E-state index in [2.05, 4.69) is 19.9 Å². The number of anilines is 1. The number of carbonyl (C=O) groups excluding carboxylic acids is 2. The molecule has 1 fully saturated rings. The molecule has 23 heavy (non-hydrogen) atoms. The summed E-state index contributed by atoms with van der Waals surface area (Å²) in [6.07, 6.45) is 2.16. The van der Waals surface area contributed by atoms with Crippen LogP contribution in [0.2, 0.25) is 0 Å². The number of ether oxygens (including phenoxy) is 1. The summed E-state index contributed by atoms with van der Waals surface area (Å²) in [6.45, 7) is 8.22. The number of rotatable bonds is 5. The van der Waals surface area contributed by atoms with E-state index in [0.29, 0.717) is 0 Å². The second-order valence-corrected chi connectivity index (χ2v) is 6.90. The van der Waals surface area contributed by atoms with Crippen molar-refractivity contribution >= 4 is 17.6 Å². The number of para-hydroxylation sites is 1. The number of benzene rings is 1. The topological polar surface area (TPSA) is 46.6 Å². The molecular formula is C19H25NO3. The Kier molecular flexibility index (Phi) is 4.93. The average Bonchev–Trinajstić information content (AvgIpc) is 3.04. The van der Waals surface area contributed by atoms with E-state index in [-0.39, 0.29) is 29.7 Å². The molecule has 0 radical (unpaired) electrons. The molecule has 1 amide bonds. The number of hydrogen-bond acceptors (Lipinski definition) is 3. The van der Waals surface area contributed by atoms with Crippen molar-refractivity contribution in [3.63, 3.8) is 0 Å². The van der Waals surface area contributed by atoms with E-state index < -0.39 is 5.97 Å². The van der Waals surface area contributed by atoms with Gasteiger partial charge in [-0.2, -0.15) is 0 Å². The standard InChI is InChI=1S/C19H25NO3/c1-13(2)11-15-17(19(15,3)4)18(22)20(12-16(21)23-5)14-9-7-6-8-10-14/h6-11,15,17H,12H2,1-5H3/t15-,17-/m0/s1. The molecule has 0 heterocycles. The maximum absolute atomic E-state index is 13.1. The van der Waals surface area contributed by atoms with Crippen LogP contribution in [0.1, 0.15) is 27.7 Å². The molecule has 2 rings (SSSR count). The lowest BCUT2D eigenvalue weighted by atomic mass is 10.1. The number of carbonyl (C=O) groups is 2. The van der Waals surface area contributed by atoms with Gasteiger partial charge in [-0.1, -0.05) is 43.7 Å². The molecule has 2 atom stereocenters. The number of esters is 1. The summed E-state index contributed by atoms with van der Waals surface area (Å²) in [5.41, 5.74) is 1.84. The maximum atomic E-state index is 13.1. The van der Waals surface area contributed by atoms with Gasteiger partial charge < -0.3 is 9.64 Å². The van der Waals surface area contributed by atoms with E-state index >= 15 is 0 Å². The van der Waals surface area contributed by atoms with Gasteiger partial charge in [0.2, 0.25) is 5.91 Å². The number of amides is 1. The minimum Gasteiger partial charge on any atom is -0.468 e. The van der Waals surface area contributed by atoms with Crippen LogP contribution in [0.25, 0.3) is 0 Å². The molecular weight excluding hydrogens is 290 g/mol. The van der Waals surface area contributed by atoms with Gasteiger partial charge in [-0.25, -0.2) is 0 Å². The van der Waals surface area contributed by atoms with Gasteiger partial charge in [0.1, 0.15) is 6.54 Å². The normalized spacial score (nSPS) is 21.3. The minimum absolute atomic E-state index is 0.0194. The molecule has 1 aromatic rings. The molecule has 0 unspecified atom stereocenters. The Labute approximate surface area is 138 Å². The van der Waals surface area contributed by atoms with Crippen molar-refractivity contribution < 1.29 is 14.3 Å². The highest BCUT2D eigenvalue weighted by Crippen LogP contribution is 2.60. The fourth-order valence-corrected chi connectivity index (χ4v) is 3.09. The van der Waals surface area contributed by atoms with Crippen LogP contribution in [0.5, 0.6) is 0 Å². The van der Waals surface area contributed by atoms with Crippen LogP contribution in [0, 0.1) is 17.3 Å². The Hall–Kier alpha value is -2.10. The van der Waals surface area contributed by atoms with Crippen molar-refractivity contribution in [2.45, 2.75) is 27.7 Å². The fraction of sp³-hybridized carbons (Fsp3) is 0.474. The Balaban J connectivity index is 2.28. The molecule has 0 bridgehead atoms. The summed E-state index contributed by atoms with van der Waals surface area (Å²) in [5.74, 6) is -0.334. The van der Waals surface area contributed by atoms with Crippen LogP contribution in [-0.4, -0.2) is 25.5 Å². The first-order valence-electron chi connectivity index (χ1n) is 7.87. The van der Waals surface area contributed by atoms with E-state index in [1.54, 1.807) is 0 Å². The summed E-state index contributed by atoms with van der Waals surface area (Å²) in [4.78, 5) is 26.3. The van der Waals surface area contributed by atoms with Crippen molar-refractivity contribution in [3.8, 4) is 0 Å². The smallest absolute Gasteiger partial charge is 0.325 e. The van der Waals surface area contributed by atoms with Crippen molar-refractivity contribution in [3.05, 3.63) is 42.0 Å². The molecule has 0 aliphatic heterocycles. The third-order valence-electron chi connectivity index (χ3n) is 4.54. The zero-order valence-corrected chi connectivity index (χ0v) is 14.5. The Morgan fingerprint density at radius 3 is 2.35 bits per heavy atom. The van der Waals surface area contributed by atoms with Crippen molar-refractivity contribution in [1.82, 2.24) is 0 Å². The molecule has 1 aliphatic rings. The van der Waals surface area contributed by atoms with Gasteiger partial charge in [-0.3, -0.25) is 9.59 Å². The molecule has 124 valence electrons. The highest BCUT2D eigenvalue weighted by atomic mass is 16.5. The van der Waals surface area contributed by atoms with Crippen molar-refractivity contribution in [2.24, 2.45) is 17.3 Å². The fourth-order valence-electron chi connectivity index (χ4n) is 3.09. The quantitative estimate of drug-likeness (QED) is 0.618. The number of nitrogens with zero attached hydrogens (tertiary/aromatic N) is 1. The SMILES string of the molecule is COC(=O)CN(C(=O)[C@@H]1[C@H](C=C(C)C)C1(C)C)c1ccccc1. The Bertz CT molecular complexity index is 615. The second kappa shape index (κ2) is 6.57. The molecule has 0 aromatic heterocycles. The van der Waals surface area contributed by atoms with Crippen LogP contribution in [0.3, 0.4) is 0 Å². The predicted molar refractivity (Wildman–Crippen MR) is 91.0 cm³/mol. The van der Waals surface area contributed by atoms with Gasteiger partial charge in [-0.05, 0) is 37.3 Å². The summed E-state index contributed by atoms with van der Waals surface area (Å²) < 4.78 is 4.75. The first-order chi connectivity index (χ1) is 10.8. The Morgan fingerprint density at radius 2 is 1.83 bits per heavy atom. The van der Waals surface area contributed by atoms with Gasteiger partial charge >= 0.3 is 5.97 Å². The molecule has 4 heteroatoms. The predicted octanol–water partition coefficient (Wildman–Crippen LogP) is 3.43. The van der Waals surface area contributed by atoms with E-state index in [9.17, 15) is 9.59 Å². The van der Waals surface area contributed by atoms with Gasteiger partial charge in [0.15, 0.2) is 0 Å². The third-order valence-corrected chi connectivity index (χ3v) is 4.54. The van der Waals surface area contributed by atoms with Crippen LogP contribution in [-0.2, 0) is 14.3 Å². The van der Waals surface area contributed by atoms with Crippen LogP contribution < -0.4 is 4.90 Å². The first-order valence-corrected chi connectivity index (χ1v) is 7.87. The molecule has 0 spiro atoms. The zero-order chi connectivity index (χ0) is 17.2. The molecule has 1 saturated carbocycles. The molecule has 4 nitrogen and oxygen atoms in total. The van der Waals surface area contributed by atoms with Gasteiger partial charge in [-0.15, -0.1) is 0 Å². The van der Waals surface area contributed by atoms with E-state index in [4.69, 9.17) is 4.74 Å². The van der Waals surface area contributed by atoms with E-state index in [0.717, 1.165) is 5.69 Å². The zero-order valence-electron chi connectivity index (χ0n) is 14.5. The number of methoxy groups -OCH3 is 1. The van der Waals surface area contributed by atoms with Gasteiger partial charge in [0.05, 0.1) is 13.0 Å². The summed E-state index contributed by atoms with van der Waals surface area (Å²) in [5, 5.41) is 0. The van der Waals surface area contributed by atoms with Crippen LogP contribution in [0.15, 0.2) is 42.0 Å². The highest BCUT2D eigenvalue weighted by molar-refractivity contribution is 6.01. The maximum Gasteiger partial charge on any atom is 0.325 e. The summed E-state index contributed by atoms with van der Waals surface area (Å²) in [6, 6.07) is 9.28. The molecule has 0 saturated heterocycles. The molecule has 1 aliphatic carbocycles. The Morgan fingerprint density at radius 1 is 1.22 bits per heavy atom. The molecule has 0 N–H and O–H groups in total. The number of allylic oxidation sites excluding steroid dienone is 2. The van der Waals surface area contributed by atoms with Crippen molar-refractivity contribution in [2.75, 3.05) is 18.6 Å². The third kappa shape index (κ3) is 3.63. The van der Waals surface area contributed by atoms with E-state index in [1.807, 2.05) is 44.2 Å². The van der Waals surface area contributed by atoms with Gasteiger partial charge in [0, 0.05) is 5.69 Å². The first kappa shape index (κ1) is 17.3. The second-order valence-electron chi connectivity index (χ2n) is 6.90. The lowest BCUT2D eigenvalue weighted by molar-refractivity contribution is -0.140. The monoisotopic (exact) mass is 315 g/mol. The van der Waals surface area contributed by atoms with Crippen LogP contribution >= 0.6 is 0 Å². The minimum atomic E-state index is -0.417. The lowest BCUT2D eigenvalue weighted by Crippen LogP contribution is -2.38. The summed E-state index contributed by atoms with van der Waals surface area (Å²) >= 11 is 0. The average molecular weight is 315 g/mol. The largest absolute Gasteiger partial charge is 0.468 e. The van der Waals surface area contributed by atoms with E-state index in [1.165, 1.54) is 17.6 Å². The highest BCUT2D eigenvalue weighted by Gasteiger charge is 2.61. The van der Waals surface area contributed by atoms with Crippen LogP contribution in [0.4, 0.5) is 5.69 Å². The lowest BCUT2D eigenvalue weighted by Gasteiger charge is -2.22. The van der Waals surface area contributed by atoms with Gasteiger partial charge in [0.25, 0.3) is 0 Å². The summed E-state index contributed by atoms with van der Waals surface area (Å²) in [7, 11) is 1.34. The molecule has 1 aromatic carbocycles. The number of hydrogen-bond donors (Lipinski definition) is 0.